The third kappa shape index (κ3) is 1.98. The first kappa shape index (κ1) is 9.71. The molecule has 1 aliphatic carbocycles. The molecule has 2 N–H and O–H groups in total. The molecule has 0 atom stereocenters. The van der Waals surface area contributed by atoms with E-state index in [0.717, 1.165) is 5.82 Å². The highest BCUT2D eigenvalue weighted by Crippen LogP contribution is 2.27. The van der Waals surface area contributed by atoms with Crippen LogP contribution in [0.25, 0.3) is 0 Å². The normalized spacial score (nSPS) is 19.5. The Morgan fingerprint density at radius 1 is 1.29 bits per heavy atom. The summed E-state index contributed by atoms with van der Waals surface area (Å²) < 4.78 is 2.28. The topological polar surface area (TPSA) is 43.8 Å². The van der Waals surface area contributed by atoms with Crippen LogP contribution in [0.1, 0.15) is 50.4 Å². The predicted molar refractivity (Wildman–Crippen MR) is 56.9 cm³/mol. The molecule has 3 nitrogen and oxygen atoms in total. The molecular weight excluding hydrogens is 174 g/mol. The quantitative estimate of drug-likeness (QED) is 0.732. The van der Waals surface area contributed by atoms with E-state index in [1.165, 1.54) is 38.5 Å². The summed E-state index contributed by atoms with van der Waals surface area (Å²) in [6, 6.07) is 0.651. The minimum atomic E-state index is 0.559. The van der Waals surface area contributed by atoms with E-state index in [0.29, 0.717) is 12.6 Å². The number of imidazole rings is 1. The van der Waals surface area contributed by atoms with E-state index in [-0.39, 0.29) is 0 Å². The molecule has 0 saturated heterocycles. The predicted octanol–water partition coefficient (Wildman–Crippen LogP) is 2.24. The van der Waals surface area contributed by atoms with E-state index in [4.69, 9.17) is 5.73 Å². The number of nitrogens with two attached hydrogens (primary N) is 1. The first-order valence-electron chi connectivity index (χ1n) is 5.63. The summed E-state index contributed by atoms with van der Waals surface area (Å²) in [5, 5.41) is 0. The molecule has 0 bridgehead atoms. The molecule has 14 heavy (non-hydrogen) atoms. The van der Waals surface area contributed by atoms with Gasteiger partial charge in [0.25, 0.3) is 0 Å². The van der Waals surface area contributed by atoms with Crippen molar-refractivity contribution in [1.29, 1.82) is 0 Å². The van der Waals surface area contributed by atoms with Crippen LogP contribution < -0.4 is 5.73 Å². The maximum Gasteiger partial charge on any atom is 0.122 e. The SMILES string of the molecule is NCc1nccn1C1CCCCCC1. The van der Waals surface area contributed by atoms with Crippen LogP contribution >= 0.6 is 0 Å². The van der Waals surface area contributed by atoms with Crippen LogP contribution in [0.5, 0.6) is 0 Å². The molecule has 1 heterocycles. The number of nitrogens with zero attached hydrogens (tertiary/aromatic N) is 2. The van der Waals surface area contributed by atoms with E-state index < -0.39 is 0 Å². The van der Waals surface area contributed by atoms with Crippen molar-refractivity contribution in [2.75, 3.05) is 0 Å². The van der Waals surface area contributed by atoms with E-state index in [1.54, 1.807) is 0 Å². The highest BCUT2D eigenvalue weighted by Gasteiger charge is 2.15. The smallest absolute Gasteiger partial charge is 0.122 e. The summed E-state index contributed by atoms with van der Waals surface area (Å²) in [5.74, 6) is 1.04. The Hall–Kier alpha value is -0.830. The van der Waals surface area contributed by atoms with Gasteiger partial charge in [0.1, 0.15) is 5.82 Å². The molecule has 1 aromatic rings. The first-order chi connectivity index (χ1) is 6.92. The molecule has 1 aliphatic rings. The van der Waals surface area contributed by atoms with Gasteiger partial charge in [-0.2, -0.15) is 0 Å². The maximum atomic E-state index is 5.66. The Kier molecular flexibility index (Phi) is 3.19. The van der Waals surface area contributed by atoms with Gasteiger partial charge in [0.05, 0.1) is 6.54 Å². The first-order valence-corrected chi connectivity index (χ1v) is 5.63. The largest absolute Gasteiger partial charge is 0.331 e. The highest BCUT2D eigenvalue weighted by molar-refractivity contribution is 4.94. The third-order valence-electron chi connectivity index (χ3n) is 3.15. The molecule has 0 radical (unpaired) electrons. The minimum Gasteiger partial charge on any atom is -0.331 e. The zero-order valence-electron chi connectivity index (χ0n) is 8.65. The molecule has 78 valence electrons. The fraction of sp³-hybridized carbons (Fsp3) is 0.727. The lowest BCUT2D eigenvalue weighted by molar-refractivity contribution is 0.430. The number of rotatable bonds is 2. The van der Waals surface area contributed by atoms with Crippen molar-refractivity contribution in [3.05, 3.63) is 18.2 Å². The lowest BCUT2D eigenvalue weighted by Crippen LogP contribution is -2.13. The summed E-state index contributed by atoms with van der Waals surface area (Å²) in [5.41, 5.74) is 5.66. The minimum absolute atomic E-state index is 0.559. The number of hydrogen-bond donors (Lipinski definition) is 1. The van der Waals surface area contributed by atoms with Crippen molar-refractivity contribution in [1.82, 2.24) is 9.55 Å². The van der Waals surface area contributed by atoms with Crippen LogP contribution in [0.4, 0.5) is 0 Å². The van der Waals surface area contributed by atoms with Crippen molar-refractivity contribution >= 4 is 0 Å². The summed E-state index contributed by atoms with van der Waals surface area (Å²) >= 11 is 0. The van der Waals surface area contributed by atoms with Crippen molar-refractivity contribution in [2.45, 2.75) is 51.1 Å². The van der Waals surface area contributed by atoms with Crippen LogP contribution in [-0.2, 0) is 6.54 Å². The van der Waals surface area contributed by atoms with Gasteiger partial charge in [0.15, 0.2) is 0 Å². The fourth-order valence-electron chi connectivity index (χ4n) is 2.37. The third-order valence-corrected chi connectivity index (χ3v) is 3.15. The van der Waals surface area contributed by atoms with Crippen LogP contribution in [0.3, 0.4) is 0 Å². The lowest BCUT2D eigenvalue weighted by atomic mass is 10.1. The second kappa shape index (κ2) is 4.60. The monoisotopic (exact) mass is 193 g/mol. The van der Waals surface area contributed by atoms with E-state index in [2.05, 4.69) is 15.7 Å². The van der Waals surface area contributed by atoms with Crippen molar-refractivity contribution in [3.63, 3.8) is 0 Å². The van der Waals surface area contributed by atoms with Gasteiger partial charge >= 0.3 is 0 Å². The van der Waals surface area contributed by atoms with Gasteiger partial charge in [-0.05, 0) is 12.8 Å². The number of aromatic nitrogens is 2. The molecule has 0 spiro atoms. The summed E-state index contributed by atoms with van der Waals surface area (Å²) in [6.07, 6.45) is 12.0. The molecule has 2 rings (SSSR count). The molecule has 0 amide bonds. The molecule has 0 aliphatic heterocycles. The molecule has 3 heteroatoms. The summed E-state index contributed by atoms with van der Waals surface area (Å²) in [7, 11) is 0. The summed E-state index contributed by atoms with van der Waals surface area (Å²) in [6.45, 7) is 0.559. The van der Waals surface area contributed by atoms with E-state index in [1.807, 2.05) is 6.20 Å². The Labute approximate surface area is 85.3 Å². The fourth-order valence-corrected chi connectivity index (χ4v) is 2.37. The second-order valence-electron chi connectivity index (χ2n) is 4.10. The van der Waals surface area contributed by atoms with Crippen molar-refractivity contribution in [2.24, 2.45) is 5.73 Å². The van der Waals surface area contributed by atoms with Gasteiger partial charge in [0, 0.05) is 18.4 Å². The second-order valence-corrected chi connectivity index (χ2v) is 4.10. The van der Waals surface area contributed by atoms with Crippen molar-refractivity contribution in [3.8, 4) is 0 Å². The van der Waals surface area contributed by atoms with E-state index >= 15 is 0 Å². The zero-order valence-corrected chi connectivity index (χ0v) is 8.65. The van der Waals surface area contributed by atoms with E-state index in [9.17, 15) is 0 Å². The average Bonchev–Trinajstić information content (AvgIpc) is 2.52. The molecule has 1 saturated carbocycles. The van der Waals surface area contributed by atoms with Crippen LogP contribution in [0, 0.1) is 0 Å². The Balaban J connectivity index is 2.11. The summed E-state index contributed by atoms with van der Waals surface area (Å²) in [4.78, 5) is 4.28. The standard InChI is InChI=1S/C11H19N3/c12-9-11-13-7-8-14(11)10-5-3-1-2-4-6-10/h7-8,10H,1-6,9,12H2. The van der Waals surface area contributed by atoms with Crippen LogP contribution in [0.2, 0.25) is 0 Å². The zero-order chi connectivity index (χ0) is 9.80. The molecule has 0 unspecified atom stereocenters. The lowest BCUT2D eigenvalue weighted by Gasteiger charge is -2.18. The number of hydrogen-bond acceptors (Lipinski definition) is 2. The van der Waals surface area contributed by atoms with Crippen LogP contribution in [0.15, 0.2) is 12.4 Å². The van der Waals surface area contributed by atoms with Gasteiger partial charge in [-0.3, -0.25) is 0 Å². The maximum absolute atomic E-state index is 5.66. The van der Waals surface area contributed by atoms with Gasteiger partial charge in [-0.25, -0.2) is 4.98 Å². The van der Waals surface area contributed by atoms with Gasteiger partial charge < -0.3 is 10.3 Å². The molecule has 0 aromatic carbocycles. The average molecular weight is 193 g/mol. The Morgan fingerprint density at radius 3 is 2.64 bits per heavy atom. The van der Waals surface area contributed by atoms with Gasteiger partial charge in [0.2, 0.25) is 0 Å². The Bertz CT molecular complexity index is 272. The van der Waals surface area contributed by atoms with Crippen LogP contribution in [-0.4, -0.2) is 9.55 Å². The van der Waals surface area contributed by atoms with Gasteiger partial charge in [-0.15, -0.1) is 0 Å². The molecule has 1 fully saturated rings. The van der Waals surface area contributed by atoms with Gasteiger partial charge in [-0.1, -0.05) is 25.7 Å². The molecule has 1 aromatic heterocycles. The highest BCUT2D eigenvalue weighted by atomic mass is 15.1. The Morgan fingerprint density at radius 2 is 2.00 bits per heavy atom. The van der Waals surface area contributed by atoms with Crippen molar-refractivity contribution < 1.29 is 0 Å². The molecular formula is C11H19N3.